The highest BCUT2D eigenvalue weighted by Gasteiger charge is 2.33. The molecular formula is C13H13ClN2O3. The molecule has 100 valence electrons. The average Bonchev–Trinajstić information content (AvgIpc) is 2.95. The number of carboxylic acid groups (broad SMARTS) is 1. The Hall–Kier alpha value is -1.59. The number of aryl methyl sites for hydroxylation is 1. The minimum atomic E-state index is -0.913. The molecule has 5 nitrogen and oxygen atoms in total. The minimum absolute atomic E-state index is 0.266. The molecule has 2 heterocycles. The Kier molecular flexibility index (Phi) is 2.95. The second-order valence-corrected chi connectivity index (χ2v) is 5.13. The molecule has 0 aliphatic carbocycles. The predicted octanol–water partition coefficient (Wildman–Crippen LogP) is 2.53. The van der Waals surface area contributed by atoms with E-state index in [1.54, 1.807) is 6.07 Å². The van der Waals surface area contributed by atoms with Gasteiger partial charge in [-0.05, 0) is 31.0 Å². The van der Waals surface area contributed by atoms with Gasteiger partial charge in [-0.1, -0.05) is 11.6 Å². The van der Waals surface area contributed by atoms with Crippen molar-refractivity contribution in [2.45, 2.75) is 25.0 Å². The van der Waals surface area contributed by atoms with Crippen molar-refractivity contribution in [3.8, 4) is 0 Å². The number of aromatic nitrogens is 2. The maximum Gasteiger partial charge on any atom is 0.332 e. The molecule has 1 N–H and O–H groups in total. The highest BCUT2D eigenvalue weighted by molar-refractivity contribution is 6.31. The summed E-state index contributed by atoms with van der Waals surface area (Å²) in [5, 5.41) is 9.60. The van der Waals surface area contributed by atoms with E-state index in [0.29, 0.717) is 17.9 Å². The van der Waals surface area contributed by atoms with E-state index in [1.807, 2.05) is 23.7 Å². The molecule has 1 fully saturated rings. The molecule has 0 amide bonds. The van der Waals surface area contributed by atoms with Crippen LogP contribution >= 0.6 is 11.6 Å². The van der Waals surface area contributed by atoms with Gasteiger partial charge in [0.05, 0.1) is 11.0 Å². The van der Waals surface area contributed by atoms with Crippen molar-refractivity contribution in [3.05, 3.63) is 29.0 Å². The van der Waals surface area contributed by atoms with Crippen LogP contribution < -0.4 is 0 Å². The van der Waals surface area contributed by atoms with E-state index >= 15 is 0 Å². The smallest absolute Gasteiger partial charge is 0.332 e. The molecule has 1 aliphatic rings. The number of carbonyl (C=O) groups is 1. The predicted molar refractivity (Wildman–Crippen MR) is 70.2 cm³/mol. The largest absolute Gasteiger partial charge is 0.479 e. The van der Waals surface area contributed by atoms with Crippen molar-refractivity contribution < 1.29 is 14.6 Å². The van der Waals surface area contributed by atoms with Crippen LogP contribution in [0.2, 0.25) is 5.02 Å². The quantitative estimate of drug-likeness (QED) is 0.918. The molecule has 1 aliphatic heterocycles. The zero-order chi connectivity index (χ0) is 13.6. The maximum atomic E-state index is 10.9. The number of nitrogens with zero attached hydrogens (tertiary/aromatic N) is 2. The van der Waals surface area contributed by atoms with Gasteiger partial charge in [0, 0.05) is 12.1 Å². The fraction of sp³-hybridized carbons (Fsp3) is 0.385. The van der Waals surface area contributed by atoms with E-state index in [4.69, 9.17) is 21.4 Å². The standard InChI is InChI=1S/C13H13ClN2O3/c1-16-9-6-7(14)2-3-8(9)15-12(16)10-4-5-11(19-10)13(17)18/h2-3,6,10-11H,4-5H2,1H3,(H,17,18). The third-order valence-corrected chi connectivity index (χ3v) is 3.70. The van der Waals surface area contributed by atoms with Crippen molar-refractivity contribution in [2.24, 2.45) is 7.05 Å². The summed E-state index contributed by atoms with van der Waals surface area (Å²) in [5.41, 5.74) is 1.76. The van der Waals surface area contributed by atoms with Crippen molar-refractivity contribution in [3.63, 3.8) is 0 Å². The Morgan fingerprint density at radius 3 is 3.00 bits per heavy atom. The van der Waals surface area contributed by atoms with E-state index < -0.39 is 12.1 Å². The van der Waals surface area contributed by atoms with Gasteiger partial charge in [0.2, 0.25) is 0 Å². The third-order valence-electron chi connectivity index (χ3n) is 3.46. The Morgan fingerprint density at radius 2 is 2.32 bits per heavy atom. The van der Waals surface area contributed by atoms with Crippen LogP contribution in [-0.4, -0.2) is 26.7 Å². The molecule has 2 atom stereocenters. The Morgan fingerprint density at radius 1 is 1.53 bits per heavy atom. The van der Waals surface area contributed by atoms with Gasteiger partial charge in [-0.2, -0.15) is 0 Å². The number of benzene rings is 1. The van der Waals surface area contributed by atoms with Gasteiger partial charge in [0.1, 0.15) is 11.9 Å². The lowest BCUT2D eigenvalue weighted by Gasteiger charge is -2.11. The molecule has 0 radical (unpaired) electrons. The van der Waals surface area contributed by atoms with E-state index in [9.17, 15) is 4.79 Å². The lowest BCUT2D eigenvalue weighted by molar-refractivity contribution is -0.149. The van der Waals surface area contributed by atoms with E-state index in [-0.39, 0.29) is 6.10 Å². The minimum Gasteiger partial charge on any atom is -0.479 e. The zero-order valence-corrected chi connectivity index (χ0v) is 11.1. The molecule has 3 rings (SSSR count). The second kappa shape index (κ2) is 4.51. The summed E-state index contributed by atoms with van der Waals surface area (Å²) in [6, 6.07) is 5.48. The molecule has 1 aromatic carbocycles. The molecule has 2 unspecified atom stereocenters. The highest BCUT2D eigenvalue weighted by Crippen LogP contribution is 2.34. The van der Waals surface area contributed by atoms with Crippen LogP contribution in [0.25, 0.3) is 11.0 Å². The first-order valence-corrected chi connectivity index (χ1v) is 6.44. The fourth-order valence-electron chi connectivity index (χ4n) is 2.48. The number of rotatable bonds is 2. The normalized spacial score (nSPS) is 23.1. The summed E-state index contributed by atoms with van der Waals surface area (Å²) in [7, 11) is 1.89. The molecule has 0 spiro atoms. The summed E-state index contributed by atoms with van der Waals surface area (Å²) in [4.78, 5) is 15.4. The number of fused-ring (bicyclic) bond motifs is 1. The van der Waals surface area contributed by atoms with Gasteiger partial charge in [-0.15, -0.1) is 0 Å². The first-order chi connectivity index (χ1) is 9.06. The van der Waals surface area contributed by atoms with Gasteiger partial charge in [-0.3, -0.25) is 0 Å². The molecule has 1 saturated heterocycles. The zero-order valence-electron chi connectivity index (χ0n) is 10.3. The monoisotopic (exact) mass is 280 g/mol. The molecule has 2 aromatic rings. The molecular weight excluding hydrogens is 268 g/mol. The summed E-state index contributed by atoms with van der Waals surface area (Å²) < 4.78 is 7.45. The van der Waals surface area contributed by atoms with Crippen molar-refractivity contribution in [2.75, 3.05) is 0 Å². The summed E-state index contributed by atoms with van der Waals surface area (Å²) >= 11 is 5.97. The van der Waals surface area contributed by atoms with Gasteiger partial charge in [0.25, 0.3) is 0 Å². The van der Waals surface area contributed by atoms with Crippen LogP contribution in [0.1, 0.15) is 24.8 Å². The topological polar surface area (TPSA) is 64.4 Å². The fourth-order valence-corrected chi connectivity index (χ4v) is 2.64. The van der Waals surface area contributed by atoms with Crippen molar-refractivity contribution in [1.82, 2.24) is 9.55 Å². The summed E-state index contributed by atoms with van der Waals surface area (Å²) in [6.45, 7) is 0. The summed E-state index contributed by atoms with van der Waals surface area (Å²) in [5.74, 6) is -0.162. The van der Waals surface area contributed by atoms with E-state index in [1.165, 1.54) is 0 Å². The summed E-state index contributed by atoms with van der Waals surface area (Å²) in [6.07, 6.45) is 0.192. The van der Waals surface area contributed by atoms with Crippen LogP contribution in [0.4, 0.5) is 0 Å². The Labute approximate surface area is 114 Å². The number of halogens is 1. The van der Waals surface area contributed by atoms with Gasteiger partial charge in [0.15, 0.2) is 6.10 Å². The number of ether oxygens (including phenoxy) is 1. The lowest BCUT2D eigenvalue weighted by Crippen LogP contribution is -2.19. The molecule has 19 heavy (non-hydrogen) atoms. The van der Waals surface area contributed by atoms with Crippen LogP contribution in [0.5, 0.6) is 0 Å². The highest BCUT2D eigenvalue weighted by atomic mass is 35.5. The van der Waals surface area contributed by atoms with Gasteiger partial charge >= 0.3 is 5.97 Å². The first kappa shape index (κ1) is 12.4. The molecule has 6 heteroatoms. The maximum absolute atomic E-state index is 10.9. The Balaban J connectivity index is 1.98. The van der Waals surface area contributed by atoms with Crippen LogP contribution in [0.3, 0.4) is 0 Å². The Bertz CT molecular complexity index is 653. The first-order valence-electron chi connectivity index (χ1n) is 6.06. The van der Waals surface area contributed by atoms with Crippen LogP contribution in [-0.2, 0) is 16.6 Å². The third kappa shape index (κ3) is 2.09. The van der Waals surface area contributed by atoms with E-state index in [2.05, 4.69) is 4.98 Å². The number of hydrogen-bond acceptors (Lipinski definition) is 3. The van der Waals surface area contributed by atoms with Crippen molar-refractivity contribution in [1.29, 1.82) is 0 Å². The second-order valence-electron chi connectivity index (χ2n) is 4.69. The van der Waals surface area contributed by atoms with Crippen LogP contribution in [0, 0.1) is 0 Å². The number of aliphatic carboxylic acids is 1. The molecule has 0 saturated carbocycles. The molecule has 0 bridgehead atoms. The van der Waals surface area contributed by atoms with Gasteiger partial charge < -0.3 is 14.4 Å². The average molecular weight is 281 g/mol. The van der Waals surface area contributed by atoms with Gasteiger partial charge in [-0.25, -0.2) is 9.78 Å². The lowest BCUT2D eigenvalue weighted by atomic mass is 10.2. The SMILES string of the molecule is Cn1c(C2CCC(C(=O)O)O2)nc2ccc(Cl)cc21. The van der Waals surface area contributed by atoms with Crippen LogP contribution in [0.15, 0.2) is 18.2 Å². The number of hydrogen-bond donors (Lipinski definition) is 1. The van der Waals surface area contributed by atoms with Crippen molar-refractivity contribution >= 4 is 28.6 Å². The number of carboxylic acids is 1. The van der Waals surface area contributed by atoms with E-state index in [0.717, 1.165) is 16.9 Å². The molecule has 1 aromatic heterocycles. The number of imidazole rings is 1.